The number of esters is 1. The van der Waals surface area contributed by atoms with Gasteiger partial charge in [-0.25, -0.2) is 17.6 Å². The second-order valence-electron chi connectivity index (χ2n) is 6.59. The third kappa shape index (κ3) is 5.36. The summed E-state index contributed by atoms with van der Waals surface area (Å²) in [7, 11) is -4.30. The van der Waals surface area contributed by atoms with Crippen LogP contribution in [0.25, 0.3) is 0 Å². The lowest BCUT2D eigenvalue weighted by molar-refractivity contribution is -0.384. The van der Waals surface area contributed by atoms with Crippen LogP contribution in [-0.4, -0.2) is 25.9 Å². The Balaban J connectivity index is 1.97. The minimum atomic E-state index is -4.30. The molecule has 11 heteroatoms. The molecule has 0 N–H and O–H groups in total. The summed E-state index contributed by atoms with van der Waals surface area (Å²) in [6.45, 7) is 3.40. The molecular weight excluding hydrogens is 475 g/mol. The second kappa shape index (κ2) is 9.80. The zero-order valence-electron chi connectivity index (χ0n) is 16.9. The maximum atomic E-state index is 13.4. The smallest absolute Gasteiger partial charge is 0.343 e. The second-order valence-corrected chi connectivity index (χ2v) is 8.83. The van der Waals surface area contributed by atoms with E-state index in [1.807, 2.05) is 0 Å². The van der Waals surface area contributed by atoms with E-state index in [1.54, 1.807) is 0 Å². The predicted molar refractivity (Wildman–Crippen MR) is 121 cm³/mol. The van der Waals surface area contributed by atoms with E-state index in [9.17, 15) is 27.7 Å². The van der Waals surface area contributed by atoms with E-state index in [-0.39, 0.29) is 39.2 Å². The van der Waals surface area contributed by atoms with Crippen molar-refractivity contribution < 1.29 is 27.3 Å². The normalized spacial score (nSPS) is 11.0. The lowest BCUT2D eigenvalue weighted by Crippen LogP contribution is -2.31. The molecule has 0 heterocycles. The quantitative estimate of drug-likeness (QED) is 0.145. The van der Waals surface area contributed by atoms with Crippen LogP contribution in [0.2, 0.25) is 5.02 Å². The molecule has 0 atom stereocenters. The highest BCUT2D eigenvalue weighted by molar-refractivity contribution is 7.93. The maximum absolute atomic E-state index is 13.4. The van der Waals surface area contributed by atoms with Crippen molar-refractivity contribution in [3.63, 3.8) is 0 Å². The molecule has 0 aromatic heterocycles. The van der Waals surface area contributed by atoms with Crippen molar-refractivity contribution in [3.8, 4) is 5.75 Å². The van der Waals surface area contributed by atoms with Crippen LogP contribution in [0.15, 0.2) is 84.3 Å². The van der Waals surface area contributed by atoms with Gasteiger partial charge in [0.05, 0.1) is 33.8 Å². The van der Waals surface area contributed by atoms with Gasteiger partial charge in [-0.2, -0.15) is 0 Å². The number of nitro benzene ring substituents is 1. The lowest BCUT2D eigenvalue weighted by Gasteiger charge is -2.24. The number of carbonyl (C=O) groups excluding carboxylic acids is 1. The number of hydrogen-bond donors (Lipinski definition) is 0. The molecule has 0 bridgehead atoms. The molecule has 8 nitrogen and oxygen atoms in total. The summed E-state index contributed by atoms with van der Waals surface area (Å²) < 4.78 is 46.1. The summed E-state index contributed by atoms with van der Waals surface area (Å²) in [6.07, 6.45) is 1.34. The van der Waals surface area contributed by atoms with Crippen molar-refractivity contribution in [2.24, 2.45) is 0 Å². The molecule has 0 fully saturated rings. The molecule has 0 saturated heterocycles. The van der Waals surface area contributed by atoms with Gasteiger partial charge in [0.2, 0.25) is 0 Å². The van der Waals surface area contributed by atoms with Gasteiger partial charge < -0.3 is 4.74 Å². The van der Waals surface area contributed by atoms with Gasteiger partial charge in [-0.15, -0.1) is 6.58 Å². The Labute approximate surface area is 193 Å². The van der Waals surface area contributed by atoms with Crippen LogP contribution in [0.4, 0.5) is 15.8 Å². The summed E-state index contributed by atoms with van der Waals surface area (Å²) in [5, 5.41) is 10.8. The first-order chi connectivity index (χ1) is 15.6. The number of carbonyl (C=O) groups is 1. The molecule has 3 rings (SSSR count). The molecule has 3 aromatic rings. The van der Waals surface area contributed by atoms with Crippen LogP contribution in [-0.2, 0) is 10.0 Å². The number of benzene rings is 3. The molecule has 0 aliphatic rings. The summed E-state index contributed by atoms with van der Waals surface area (Å²) in [4.78, 5) is 22.5. The first kappa shape index (κ1) is 23.9. The van der Waals surface area contributed by atoms with Crippen LogP contribution in [0, 0.1) is 15.9 Å². The van der Waals surface area contributed by atoms with E-state index < -0.39 is 26.7 Å². The van der Waals surface area contributed by atoms with Gasteiger partial charge in [-0.1, -0.05) is 23.7 Å². The zero-order valence-corrected chi connectivity index (χ0v) is 18.4. The predicted octanol–water partition coefficient (Wildman–Crippen LogP) is 4.99. The number of sulfonamides is 1. The van der Waals surface area contributed by atoms with Gasteiger partial charge in [0.25, 0.3) is 15.7 Å². The largest absolute Gasteiger partial charge is 0.423 e. The number of nitro groups is 1. The average Bonchev–Trinajstić information content (AvgIpc) is 2.78. The van der Waals surface area contributed by atoms with E-state index in [4.69, 9.17) is 16.3 Å². The highest BCUT2D eigenvalue weighted by Gasteiger charge is 2.28. The van der Waals surface area contributed by atoms with E-state index in [1.165, 1.54) is 48.5 Å². The van der Waals surface area contributed by atoms with Crippen LogP contribution < -0.4 is 9.04 Å². The van der Waals surface area contributed by atoms with Gasteiger partial charge >= 0.3 is 5.97 Å². The highest BCUT2D eigenvalue weighted by Crippen LogP contribution is 2.30. The highest BCUT2D eigenvalue weighted by atomic mass is 35.5. The molecule has 0 unspecified atom stereocenters. The Hall–Kier alpha value is -3.76. The van der Waals surface area contributed by atoms with Crippen molar-refractivity contribution in [1.29, 1.82) is 0 Å². The Morgan fingerprint density at radius 2 is 1.85 bits per heavy atom. The minimum Gasteiger partial charge on any atom is -0.423 e. The van der Waals surface area contributed by atoms with Crippen LogP contribution in [0.5, 0.6) is 5.75 Å². The summed E-state index contributed by atoms with van der Waals surface area (Å²) in [5.41, 5.74) is -0.266. The molecule has 0 spiro atoms. The van der Waals surface area contributed by atoms with Crippen molar-refractivity contribution in [2.75, 3.05) is 10.8 Å². The minimum absolute atomic E-state index is 0.0897. The fraction of sp³-hybridized carbons (Fsp3) is 0.0455. The first-order valence-electron chi connectivity index (χ1n) is 9.29. The third-order valence-electron chi connectivity index (χ3n) is 4.38. The first-order valence-corrected chi connectivity index (χ1v) is 11.1. The molecule has 0 aliphatic heterocycles. The van der Waals surface area contributed by atoms with Crippen LogP contribution in [0.3, 0.4) is 0 Å². The fourth-order valence-corrected chi connectivity index (χ4v) is 4.78. The average molecular weight is 491 g/mol. The van der Waals surface area contributed by atoms with Crippen molar-refractivity contribution >= 4 is 39.0 Å². The zero-order chi connectivity index (χ0) is 24.2. The summed E-state index contributed by atoms with van der Waals surface area (Å²) in [5.74, 6) is -1.58. The molecule has 0 aliphatic carbocycles. The summed E-state index contributed by atoms with van der Waals surface area (Å²) >= 11 is 6.14. The number of hydrogen-bond acceptors (Lipinski definition) is 6. The number of halogens is 2. The molecule has 0 saturated carbocycles. The standard InChI is InChI=1S/C22H16ClFN2O6S/c1-2-12-25(17-9-7-16(24)8-10-17)33(30,31)21-13-15(6-11-20(21)23)22(27)32-19-5-3-4-18(14-19)26(28)29/h2-11,13-14H,1,12H2. The number of rotatable bonds is 8. The number of non-ortho nitro benzene ring substituents is 1. The summed E-state index contributed by atoms with van der Waals surface area (Å²) in [6, 6.07) is 13.3. The molecule has 0 radical (unpaired) electrons. The Kier molecular flexibility index (Phi) is 7.10. The maximum Gasteiger partial charge on any atom is 0.343 e. The number of anilines is 1. The van der Waals surface area contributed by atoms with Crippen molar-refractivity contribution in [2.45, 2.75) is 4.90 Å². The SMILES string of the molecule is C=CCN(c1ccc(F)cc1)S(=O)(=O)c1cc(C(=O)Oc2cccc([N+](=O)[O-])c2)ccc1Cl. The van der Waals surface area contributed by atoms with Gasteiger partial charge in [-0.3, -0.25) is 14.4 Å². The van der Waals surface area contributed by atoms with E-state index in [2.05, 4.69) is 6.58 Å². The topological polar surface area (TPSA) is 107 Å². The Morgan fingerprint density at radius 1 is 1.15 bits per heavy atom. The Morgan fingerprint density at radius 3 is 2.48 bits per heavy atom. The number of ether oxygens (including phenoxy) is 1. The molecule has 170 valence electrons. The molecule has 3 aromatic carbocycles. The van der Waals surface area contributed by atoms with Crippen molar-refractivity contribution in [3.05, 3.63) is 106 Å². The number of nitrogens with zero attached hydrogens (tertiary/aromatic N) is 2. The molecular formula is C22H16ClFN2O6S. The van der Waals surface area contributed by atoms with Gasteiger partial charge in [0, 0.05) is 6.07 Å². The Bertz CT molecular complexity index is 1330. The lowest BCUT2D eigenvalue weighted by atomic mass is 10.2. The van der Waals surface area contributed by atoms with E-state index in [0.717, 1.165) is 28.6 Å². The molecule has 33 heavy (non-hydrogen) atoms. The van der Waals surface area contributed by atoms with E-state index in [0.29, 0.717) is 0 Å². The monoisotopic (exact) mass is 490 g/mol. The van der Waals surface area contributed by atoms with E-state index >= 15 is 0 Å². The fourth-order valence-electron chi connectivity index (χ4n) is 2.84. The van der Waals surface area contributed by atoms with Gasteiger partial charge in [0.1, 0.15) is 16.5 Å². The van der Waals surface area contributed by atoms with Crippen LogP contribution in [0.1, 0.15) is 10.4 Å². The molecule has 0 amide bonds. The van der Waals surface area contributed by atoms with Gasteiger partial charge in [-0.05, 0) is 48.5 Å². The van der Waals surface area contributed by atoms with Gasteiger partial charge in [0.15, 0.2) is 0 Å². The van der Waals surface area contributed by atoms with Crippen LogP contribution >= 0.6 is 11.6 Å². The van der Waals surface area contributed by atoms with Crippen molar-refractivity contribution in [1.82, 2.24) is 0 Å². The third-order valence-corrected chi connectivity index (χ3v) is 6.66.